The molecule has 0 bridgehead atoms. The fourth-order valence-electron chi connectivity index (χ4n) is 3.26. The number of nitrogens with zero attached hydrogens (tertiary/aromatic N) is 2. The van der Waals surface area contributed by atoms with Gasteiger partial charge in [-0.15, -0.1) is 0 Å². The van der Waals surface area contributed by atoms with E-state index in [1.165, 1.54) is 10.8 Å². The Labute approximate surface area is 188 Å². The van der Waals surface area contributed by atoms with E-state index >= 15 is 0 Å². The van der Waals surface area contributed by atoms with Gasteiger partial charge in [0, 0.05) is 66.4 Å². The van der Waals surface area contributed by atoms with Crippen molar-refractivity contribution in [1.82, 2.24) is 21.3 Å². The number of rotatable bonds is 0. The molecular formula is C18H36CuN6S2-2. The largest absolute Gasteiger partial charge is 0.696 e. The molecule has 0 spiro atoms. The van der Waals surface area contributed by atoms with Gasteiger partial charge in [0.2, 0.25) is 0 Å². The predicted octanol–water partition coefficient (Wildman–Crippen LogP) is 1.50. The van der Waals surface area contributed by atoms with Gasteiger partial charge in [-0.2, -0.15) is 0 Å². The number of nitriles is 2. The van der Waals surface area contributed by atoms with Crippen molar-refractivity contribution < 1.29 is 17.1 Å². The summed E-state index contributed by atoms with van der Waals surface area (Å²) in [5, 5.41) is 31.5. The molecule has 27 heavy (non-hydrogen) atoms. The van der Waals surface area contributed by atoms with Crippen molar-refractivity contribution in [2.45, 2.75) is 77.5 Å². The van der Waals surface area contributed by atoms with E-state index in [-0.39, 0.29) is 28.1 Å². The number of hydrogen-bond donors (Lipinski definition) is 4. The summed E-state index contributed by atoms with van der Waals surface area (Å²) in [6.45, 7) is 17.8. The average Bonchev–Trinajstić information content (AvgIpc) is 2.48. The van der Waals surface area contributed by atoms with Crippen LogP contribution < -0.4 is 21.3 Å². The summed E-state index contributed by atoms with van der Waals surface area (Å²) >= 11 is 7.40. The molecule has 0 saturated carbocycles. The molecule has 0 aromatic heterocycles. The van der Waals surface area contributed by atoms with E-state index in [4.69, 9.17) is 10.5 Å². The third-order valence-electron chi connectivity index (χ3n) is 4.08. The number of thiocyanates is 2. The van der Waals surface area contributed by atoms with Gasteiger partial charge in [0.05, 0.1) is 0 Å². The minimum Gasteiger partial charge on any atom is -0.696 e. The van der Waals surface area contributed by atoms with Crippen molar-refractivity contribution in [3.63, 3.8) is 0 Å². The van der Waals surface area contributed by atoms with Gasteiger partial charge < -0.3 is 46.5 Å². The third-order valence-corrected chi connectivity index (χ3v) is 4.08. The number of nitrogens with one attached hydrogen (secondary N) is 4. The molecule has 1 rings (SSSR count). The Morgan fingerprint density at radius 1 is 0.741 bits per heavy atom. The molecule has 4 N–H and O–H groups in total. The molecule has 1 heterocycles. The third kappa shape index (κ3) is 21.9. The Morgan fingerprint density at radius 2 is 1.00 bits per heavy atom. The van der Waals surface area contributed by atoms with Crippen LogP contribution in [0.1, 0.15) is 54.4 Å². The standard InChI is InChI=1S/C16H36N4.2CHNS.Cu/c1-13-11-15(3,4)19-10-8-18-14(2)12-16(5,6)20-9-7-17-13;2*2-1-3;/h13-14,17-20H,7-12H2,1-6H3;2*3H;/p-2. The molecule has 6 nitrogen and oxygen atoms in total. The van der Waals surface area contributed by atoms with E-state index in [0.717, 1.165) is 39.0 Å². The van der Waals surface area contributed by atoms with Crippen molar-refractivity contribution >= 4 is 25.3 Å². The van der Waals surface area contributed by atoms with Crippen molar-refractivity contribution in [3.8, 4) is 10.8 Å². The number of hydrogen-bond acceptors (Lipinski definition) is 8. The first-order valence-corrected chi connectivity index (χ1v) is 9.84. The van der Waals surface area contributed by atoms with Crippen LogP contribution in [-0.2, 0) is 42.3 Å². The van der Waals surface area contributed by atoms with Crippen molar-refractivity contribution in [2.75, 3.05) is 26.2 Å². The van der Waals surface area contributed by atoms with Gasteiger partial charge in [0.1, 0.15) is 0 Å². The Morgan fingerprint density at radius 3 is 1.26 bits per heavy atom. The molecule has 2 atom stereocenters. The molecule has 163 valence electrons. The molecule has 0 aromatic carbocycles. The molecule has 1 aliphatic rings. The fraction of sp³-hybridized carbons (Fsp3) is 0.889. The van der Waals surface area contributed by atoms with Gasteiger partial charge in [-0.25, -0.2) is 10.5 Å². The van der Waals surface area contributed by atoms with Crippen LogP contribution in [0.4, 0.5) is 0 Å². The zero-order valence-electron chi connectivity index (χ0n) is 17.4. The topological polar surface area (TPSA) is 95.7 Å². The van der Waals surface area contributed by atoms with Crippen LogP contribution in [-0.4, -0.2) is 49.3 Å². The Balaban J connectivity index is -0.000000726. The van der Waals surface area contributed by atoms with E-state index in [1.54, 1.807) is 0 Å². The minimum atomic E-state index is 0. The molecule has 0 aromatic rings. The first kappa shape index (κ1) is 31.5. The van der Waals surface area contributed by atoms with E-state index in [0.29, 0.717) is 12.1 Å². The van der Waals surface area contributed by atoms with Gasteiger partial charge in [0.15, 0.2) is 0 Å². The second kappa shape index (κ2) is 17.8. The van der Waals surface area contributed by atoms with Gasteiger partial charge in [0.25, 0.3) is 0 Å². The van der Waals surface area contributed by atoms with Crippen LogP contribution in [0.3, 0.4) is 0 Å². The van der Waals surface area contributed by atoms with E-state index < -0.39 is 0 Å². The maximum absolute atomic E-state index is 7.13. The van der Waals surface area contributed by atoms with Crippen LogP contribution in [0.2, 0.25) is 0 Å². The van der Waals surface area contributed by atoms with Crippen molar-refractivity contribution in [1.29, 1.82) is 10.5 Å². The summed E-state index contributed by atoms with van der Waals surface area (Å²) < 4.78 is 0. The average molecular weight is 464 g/mol. The van der Waals surface area contributed by atoms with E-state index in [2.05, 4.69) is 88.1 Å². The molecule has 1 aliphatic heterocycles. The molecule has 1 saturated heterocycles. The summed E-state index contributed by atoms with van der Waals surface area (Å²) in [4.78, 5) is 0. The SMILES string of the molecule is CC1CC(C)(C)NCCNC(C)CC(C)(C)NCCN1.N#C[S-].N#C[S-].[Cu]. The zero-order chi connectivity index (χ0) is 20.6. The molecule has 0 amide bonds. The summed E-state index contributed by atoms with van der Waals surface area (Å²) in [6.07, 6.45) is 2.29. The van der Waals surface area contributed by atoms with E-state index in [1.807, 2.05) is 0 Å². The Kier molecular flexibility index (Phi) is 20.8. The molecular weight excluding hydrogens is 428 g/mol. The molecule has 9 heteroatoms. The fourth-order valence-corrected chi connectivity index (χ4v) is 3.26. The first-order chi connectivity index (χ1) is 12.0. The van der Waals surface area contributed by atoms with Crippen molar-refractivity contribution in [3.05, 3.63) is 0 Å². The van der Waals surface area contributed by atoms with Crippen LogP contribution in [0.5, 0.6) is 0 Å². The van der Waals surface area contributed by atoms with Crippen LogP contribution in [0.15, 0.2) is 0 Å². The molecule has 1 fully saturated rings. The van der Waals surface area contributed by atoms with Gasteiger partial charge in [-0.1, -0.05) is 10.8 Å². The predicted molar refractivity (Wildman–Crippen MR) is 114 cm³/mol. The Bertz CT molecular complexity index is 395. The van der Waals surface area contributed by atoms with Crippen molar-refractivity contribution in [2.24, 2.45) is 0 Å². The summed E-state index contributed by atoms with van der Waals surface area (Å²) in [6, 6.07) is 1.08. The Hall–Kier alpha value is -0.221. The molecule has 0 aliphatic carbocycles. The second-order valence-electron chi connectivity index (χ2n) is 7.92. The van der Waals surface area contributed by atoms with Crippen LogP contribution in [0.25, 0.3) is 0 Å². The quantitative estimate of drug-likeness (QED) is 0.244. The second-order valence-corrected chi connectivity index (χ2v) is 8.29. The van der Waals surface area contributed by atoms with Crippen LogP contribution in [0, 0.1) is 21.3 Å². The minimum absolute atomic E-state index is 0. The monoisotopic (exact) mass is 463 g/mol. The van der Waals surface area contributed by atoms with Gasteiger partial charge in [-0.05, 0) is 54.4 Å². The maximum atomic E-state index is 7.13. The zero-order valence-corrected chi connectivity index (χ0v) is 20.0. The summed E-state index contributed by atoms with van der Waals surface area (Å²) in [7, 11) is 0. The molecule has 2 unspecified atom stereocenters. The van der Waals surface area contributed by atoms with Gasteiger partial charge in [-0.3, -0.25) is 0 Å². The summed E-state index contributed by atoms with van der Waals surface area (Å²) in [5.41, 5.74) is 0.377. The first-order valence-electron chi connectivity index (χ1n) is 9.03. The van der Waals surface area contributed by atoms with E-state index in [9.17, 15) is 0 Å². The molecule has 1 radical (unpaired) electrons. The smallest absolute Gasteiger partial charge is 0.0140 e. The maximum Gasteiger partial charge on any atom is 0.0140 e. The normalized spacial score (nSPS) is 25.2. The summed E-state index contributed by atoms with van der Waals surface area (Å²) in [5.74, 6) is 0. The van der Waals surface area contributed by atoms with Crippen LogP contribution >= 0.6 is 0 Å². The van der Waals surface area contributed by atoms with Gasteiger partial charge >= 0.3 is 0 Å².